The van der Waals surface area contributed by atoms with Crippen LogP contribution in [0.15, 0.2) is 0 Å². The monoisotopic (exact) mass is 215 g/mol. The zero-order valence-electron chi connectivity index (χ0n) is 8.77. The Balaban J connectivity index is 2.50. The first-order chi connectivity index (χ1) is 7.06. The molecule has 3 unspecified atom stereocenters. The predicted octanol–water partition coefficient (Wildman–Crippen LogP) is -0.0157. The number of rotatable bonds is 4. The van der Waals surface area contributed by atoms with Gasteiger partial charge in [0.2, 0.25) is 5.91 Å². The fourth-order valence-corrected chi connectivity index (χ4v) is 2.00. The second-order valence-electron chi connectivity index (χ2n) is 4.10. The Morgan fingerprint density at radius 2 is 2.13 bits per heavy atom. The third-order valence-electron chi connectivity index (χ3n) is 3.00. The van der Waals surface area contributed by atoms with Crippen LogP contribution in [0.5, 0.6) is 0 Å². The van der Waals surface area contributed by atoms with Gasteiger partial charge in [-0.15, -0.1) is 0 Å². The minimum absolute atomic E-state index is 0.0987. The molecule has 1 saturated carbocycles. The second kappa shape index (κ2) is 5.11. The molecule has 5 nitrogen and oxygen atoms in total. The Bertz CT molecular complexity index is 254. The average molecular weight is 215 g/mol. The maximum absolute atomic E-state index is 11.6. The van der Waals surface area contributed by atoms with Crippen LogP contribution in [0, 0.1) is 11.8 Å². The second-order valence-corrected chi connectivity index (χ2v) is 4.10. The Labute approximate surface area is 88.5 Å². The first kappa shape index (κ1) is 12.0. The zero-order chi connectivity index (χ0) is 11.4. The van der Waals surface area contributed by atoms with Crippen molar-refractivity contribution >= 4 is 11.9 Å². The van der Waals surface area contributed by atoms with Gasteiger partial charge in [0.25, 0.3) is 0 Å². The van der Waals surface area contributed by atoms with E-state index in [9.17, 15) is 9.59 Å². The smallest absolute Gasteiger partial charge is 0.328 e. The van der Waals surface area contributed by atoms with Crippen LogP contribution in [0.1, 0.15) is 26.2 Å². The Morgan fingerprint density at radius 1 is 1.47 bits per heavy atom. The van der Waals surface area contributed by atoms with E-state index in [0.29, 0.717) is 5.92 Å². The molecule has 0 aliphatic heterocycles. The summed E-state index contributed by atoms with van der Waals surface area (Å²) < 4.78 is 0. The molecule has 0 aromatic heterocycles. The summed E-state index contributed by atoms with van der Waals surface area (Å²) in [4.78, 5) is 22.2. The van der Waals surface area contributed by atoms with Crippen LogP contribution in [0.25, 0.3) is 0 Å². The van der Waals surface area contributed by atoms with Crippen molar-refractivity contribution in [3.63, 3.8) is 0 Å². The summed E-state index contributed by atoms with van der Waals surface area (Å²) in [5.74, 6) is -1.24. The highest BCUT2D eigenvalue weighted by molar-refractivity contribution is 5.85. The van der Waals surface area contributed by atoms with Gasteiger partial charge >= 0.3 is 5.97 Å². The van der Waals surface area contributed by atoms with E-state index in [2.05, 4.69) is 5.32 Å². The lowest BCUT2D eigenvalue weighted by Crippen LogP contribution is -2.46. The summed E-state index contributed by atoms with van der Waals surface area (Å²) in [7, 11) is 0. The maximum Gasteiger partial charge on any atom is 0.328 e. The standard InChI is InChI=1S/C10H17NO4/c1-6-3-2-4-7(6)9(13)11-8(5-12)10(14)15/h6-8,12H,2-5H2,1H3,(H,11,13)(H,14,15). The lowest BCUT2D eigenvalue weighted by Gasteiger charge is -2.18. The number of aliphatic hydroxyl groups excluding tert-OH is 1. The molecule has 86 valence electrons. The molecule has 1 aliphatic rings. The third kappa shape index (κ3) is 2.92. The van der Waals surface area contributed by atoms with E-state index in [1.54, 1.807) is 0 Å². The molecular formula is C10H17NO4. The van der Waals surface area contributed by atoms with Gasteiger partial charge in [-0.2, -0.15) is 0 Å². The molecule has 0 saturated heterocycles. The van der Waals surface area contributed by atoms with Crippen molar-refractivity contribution in [2.45, 2.75) is 32.2 Å². The van der Waals surface area contributed by atoms with E-state index >= 15 is 0 Å². The van der Waals surface area contributed by atoms with Crippen LogP contribution in [-0.2, 0) is 9.59 Å². The number of hydrogen-bond donors (Lipinski definition) is 3. The fraction of sp³-hybridized carbons (Fsp3) is 0.800. The topological polar surface area (TPSA) is 86.6 Å². The van der Waals surface area contributed by atoms with Crippen molar-refractivity contribution in [1.29, 1.82) is 0 Å². The quantitative estimate of drug-likeness (QED) is 0.615. The van der Waals surface area contributed by atoms with E-state index in [4.69, 9.17) is 10.2 Å². The third-order valence-corrected chi connectivity index (χ3v) is 3.00. The SMILES string of the molecule is CC1CCCC1C(=O)NC(CO)C(=O)O. The van der Waals surface area contributed by atoms with Crippen LogP contribution >= 0.6 is 0 Å². The van der Waals surface area contributed by atoms with Crippen molar-refractivity contribution in [2.24, 2.45) is 11.8 Å². The number of hydrogen-bond acceptors (Lipinski definition) is 3. The summed E-state index contributed by atoms with van der Waals surface area (Å²) in [5, 5.41) is 19.8. The van der Waals surface area contributed by atoms with Gasteiger partial charge in [0, 0.05) is 5.92 Å². The molecule has 1 aliphatic carbocycles. The molecule has 1 rings (SSSR count). The molecule has 0 spiro atoms. The lowest BCUT2D eigenvalue weighted by molar-refractivity contribution is -0.143. The van der Waals surface area contributed by atoms with Gasteiger partial charge in [0.05, 0.1) is 6.61 Å². The van der Waals surface area contributed by atoms with Crippen molar-refractivity contribution in [3.05, 3.63) is 0 Å². The Morgan fingerprint density at radius 3 is 2.53 bits per heavy atom. The maximum atomic E-state index is 11.6. The van der Waals surface area contributed by atoms with E-state index in [1.807, 2.05) is 6.92 Å². The highest BCUT2D eigenvalue weighted by Crippen LogP contribution is 2.31. The van der Waals surface area contributed by atoms with Gasteiger partial charge < -0.3 is 15.5 Å². The number of carbonyl (C=O) groups excluding carboxylic acids is 1. The average Bonchev–Trinajstić information content (AvgIpc) is 2.60. The molecule has 0 aromatic carbocycles. The van der Waals surface area contributed by atoms with E-state index in [-0.39, 0.29) is 11.8 Å². The van der Waals surface area contributed by atoms with Gasteiger partial charge in [0.15, 0.2) is 0 Å². The van der Waals surface area contributed by atoms with Crippen LogP contribution < -0.4 is 5.32 Å². The molecule has 3 N–H and O–H groups in total. The molecule has 3 atom stereocenters. The highest BCUT2D eigenvalue weighted by atomic mass is 16.4. The molecule has 15 heavy (non-hydrogen) atoms. The fourth-order valence-electron chi connectivity index (χ4n) is 2.00. The van der Waals surface area contributed by atoms with Gasteiger partial charge in [-0.25, -0.2) is 4.79 Å². The van der Waals surface area contributed by atoms with Gasteiger partial charge in [-0.05, 0) is 18.8 Å². The van der Waals surface area contributed by atoms with Gasteiger partial charge in [-0.3, -0.25) is 4.79 Å². The van der Waals surface area contributed by atoms with Gasteiger partial charge in [-0.1, -0.05) is 13.3 Å². The van der Waals surface area contributed by atoms with Gasteiger partial charge in [0.1, 0.15) is 6.04 Å². The highest BCUT2D eigenvalue weighted by Gasteiger charge is 2.31. The number of aliphatic carboxylic acids is 1. The Kier molecular flexibility index (Phi) is 4.08. The van der Waals surface area contributed by atoms with E-state index in [0.717, 1.165) is 19.3 Å². The number of carbonyl (C=O) groups is 2. The number of nitrogens with one attached hydrogen (secondary N) is 1. The number of carboxylic acid groups (broad SMARTS) is 1. The van der Waals surface area contributed by atoms with Crippen LogP contribution in [-0.4, -0.2) is 34.7 Å². The summed E-state index contributed by atoms with van der Waals surface area (Å²) in [6.45, 7) is 1.42. The minimum Gasteiger partial charge on any atom is -0.480 e. The van der Waals surface area contributed by atoms with Crippen LogP contribution in [0.2, 0.25) is 0 Å². The van der Waals surface area contributed by atoms with Crippen LogP contribution in [0.3, 0.4) is 0 Å². The molecule has 0 heterocycles. The summed E-state index contributed by atoms with van der Waals surface area (Å²) >= 11 is 0. The lowest BCUT2D eigenvalue weighted by atomic mass is 9.97. The summed E-state index contributed by atoms with van der Waals surface area (Å²) in [6, 6.07) is -1.18. The molecule has 5 heteroatoms. The number of aliphatic hydroxyl groups is 1. The summed E-state index contributed by atoms with van der Waals surface area (Å²) in [6.07, 6.45) is 2.83. The molecule has 1 fully saturated rings. The first-order valence-corrected chi connectivity index (χ1v) is 5.20. The van der Waals surface area contributed by atoms with E-state index in [1.165, 1.54) is 0 Å². The molecule has 1 amide bonds. The molecule has 0 bridgehead atoms. The number of amides is 1. The number of carboxylic acids is 1. The minimum atomic E-state index is -1.20. The largest absolute Gasteiger partial charge is 0.480 e. The van der Waals surface area contributed by atoms with Crippen molar-refractivity contribution in [2.75, 3.05) is 6.61 Å². The Hall–Kier alpha value is -1.10. The molecule has 0 radical (unpaired) electrons. The van der Waals surface area contributed by atoms with Crippen LogP contribution in [0.4, 0.5) is 0 Å². The van der Waals surface area contributed by atoms with Crippen molar-refractivity contribution in [1.82, 2.24) is 5.32 Å². The van der Waals surface area contributed by atoms with E-state index < -0.39 is 18.6 Å². The van der Waals surface area contributed by atoms with Crippen molar-refractivity contribution < 1.29 is 19.8 Å². The summed E-state index contributed by atoms with van der Waals surface area (Å²) in [5.41, 5.74) is 0. The van der Waals surface area contributed by atoms with Crippen molar-refractivity contribution in [3.8, 4) is 0 Å². The molecule has 0 aromatic rings. The normalized spacial score (nSPS) is 27.3. The predicted molar refractivity (Wildman–Crippen MR) is 53.2 cm³/mol. The zero-order valence-corrected chi connectivity index (χ0v) is 8.77. The first-order valence-electron chi connectivity index (χ1n) is 5.20. The molecular weight excluding hydrogens is 198 g/mol.